The largest absolute Gasteiger partial charge is 0.480 e. The zero-order chi connectivity index (χ0) is 14.0. The average molecular weight is 294 g/mol. The van der Waals surface area contributed by atoms with Crippen molar-refractivity contribution in [3.05, 3.63) is 0 Å². The van der Waals surface area contributed by atoms with E-state index in [1.54, 1.807) is 7.05 Å². The predicted molar refractivity (Wildman–Crippen MR) is 74.2 cm³/mol. The molecule has 6 nitrogen and oxygen atoms in total. The molecule has 18 heavy (non-hydrogen) atoms. The average Bonchev–Trinajstić information content (AvgIpc) is 2.35. The first kappa shape index (κ1) is 17.1. The summed E-state index contributed by atoms with van der Waals surface area (Å²) in [6.07, 6.45) is 1.84. The normalized spacial score (nSPS) is 11.7. The lowest BCUT2D eigenvalue weighted by molar-refractivity contribution is -0.136. The van der Waals surface area contributed by atoms with Crippen LogP contribution in [0, 0.1) is 0 Å². The van der Waals surface area contributed by atoms with Crippen LogP contribution in [0.2, 0.25) is 0 Å². The third-order valence-corrected chi connectivity index (χ3v) is 4.13. The van der Waals surface area contributed by atoms with Gasteiger partial charge in [-0.15, -0.1) is 0 Å². The molecule has 0 fully saturated rings. The number of nitrogens with one attached hydrogen (secondary N) is 2. The number of hydrogen-bond donors (Lipinski definition) is 3. The summed E-state index contributed by atoms with van der Waals surface area (Å²) in [7, 11) is 3.03. The predicted octanol–water partition coefficient (Wildman–Crippen LogP) is 1.76. The molecule has 0 aromatic rings. The zero-order valence-corrected chi connectivity index (χ0v) is 12.0. The van der Waals surface area contributed by atoms with Crippen LogP contribution in [0.25, 0.3) is 0 Å². The van der Waals surface area contributed by atoms with Gasteiger partial charge in [-0.1, -0.05) is 18.2 Å². The van der Waals surface area contributed by atoms with E-state index in [2.05, 4.69) is 10.6 Å². The molecule has 0 heterocycles. The molecule has 0 aliphatic carbocycles. The monoisotopic (exact) mass is 294 g/mol. The molecule has 0 aliphatic rings. The standard InChI is InChI=1S/C10H18N2O4S2/c1-11-9(15)17-6-4-3-5-7(8(13)14)18-10(16)12-2/h7H,3-6H2,1-2H3,(H,11,15)(H,12,16)(H,13,14). The highest BCUT2D eigenvalue weighted by atomic mass is 32.2. The van der Waals surface area contributed by atoms with E-state index in [4.69, 9.17) is 5.11 Å². The minimum Gasteiger partial charge on any atom is -0.480 e. The molecule has 0 aromatic carbocycles. The Balaban J connectivity index is 3.81. The van der Waals surface area contributed by atoms with Gasteiger partial charge >= 0.3 is 5.97 Å². The summed E-state index contributed by atoms with van der Waals surface area (Å²) in [4.78, 5) is 32.9. The SMILES string of the molecule is CNC(=O)SCCCCC(SC(=O)NC)C(=O)O. The van der Waals surface area contributed by atoms with Crippen molar-refractivity contribution >= 4 is 40.0 Å². The van der Waals surface area contributed by atoms with Crippen LogP contribution in [0.1, 0.15) is 19.3 Å². The highest BCUT2D eigenvalue weighted by Crippen LogP contribution is 2.19. The maximum Gasteiger partial charge on any atom is 0.317 e. The first-order valence-corrected chi connectivity index (χ1v) is 7.33. The number of amides is 2. The van der Waals surface area contributed by atoms with E-state index in [1.807, 2.05) is 0 Å². The summed E-state index contributed by atoms with van der Waals surface area (Å²) < 4.78 is 0. The van der Waals surface area contributed by atoms with Gasteiger partial charge in [0.1, 0.15) is 5.25 Å². The van der Waals surface area contributed by atoms with Gasteiger partial charge in [0, 0.05) is 19.8 Å². The Bertz CT molecular complexity index is 300. The number of thioether (sulfide) groups is 2. The van der Waals surface area contributed by atoms with E-state index in [1.165, 1.54) is 18.8 Å². The summed E-state index contributed by atoms with van der Waals surface area (Å²) in [5, 5.41) is 12.6. The molecule has 1 atom stereocenters. The Morgan fingerprint density at radius 3 is 2.22 bits per heavy atom. The van der Waals surface area contributed by atoms with Crippen LogP contribution in [0.3, 0.4) is 0 Å². The van der Waals surface area contributed by atoms with Crippen LogP contribution < -0.4 is 10.6 Å². The van der Waals surface area contributed by atoms with Gasteiger partial charge in [0.2, 0.25) is 0 Å². The summed E-state index contributed by atoms with van der Waals surface area (Å²) in [5.74, 6) is -0.334. The van der Waals surface area contributed by atoms with E-state index in [9.17, 15) is 14.4 Å². The van der Waals surface area contributed by atoms with Crippen LogP contribution in [-0.2, 0) is 4.79 Å². The molecule has 0 spiro atoms. The van der Waals surface area contributed by atoms with Gasteiger partial charge in [0.05, 0.1) is 0 Å². The van der Waals surface area contributed by atoms with Crippen LogP contribution in [-0.4, -0.2) is 46.7 Å². The van der Waals surface area contributed by atoms with Crippen LogP contribution in [0.5, 0.6) is 0 Å². The summed E-state index contributed by atoms with van der Waals surface area (Å²) in [6, 6.07) is 0. The second kappa shape index (κ2) is 10.1. The second-order valence-corrected chi connectivity index (χ2v) is 5.61. The minimum absolute atomic E-state index is 0.0930. The Morgan fingerprint density at radius 2 is 1.72 bits per heavy atom. The van der Waals surface area contributed by atoms with Crippen molar-refractivity contribution in [2.24, 2.45) is 0 Å². The van der Waals surface area contributed by atoms with Gasteiger partial charge in [-0.25, -0.2) is 0 Å². The van der Waals surface area contributed by atoms with Crippen LogP contribution in [0.4, 0.5) is 9.59 Å². The van der Waals surface area contributed by atoms with Gasteiger partial charge in [-0.2, -0.15) is 0 Å². The number of rotatable bonds is 7. The maximum atomic E-state index is 11.1. The van der Waals surface area contributed by atoms with Crippen molar-refractivity contribution in [1.82, 2.24) is 10.6 Å². The molecule has 0 rings (SSSR count). The number of unbranched alkanes of at least 4 members (excludes halogenated alkanes) is 1. The fourth-order valence-corrected chi connectivity index (χ4v) is 2.53. The Labute approximate surface area is 115 Å². The lowest BCUT2D eigenvalue weighted by atomic mass is 10.2. The first-order valence-electron chi connectivity index (χ1n) is 5.47. The molecule has 3 N–H and O–H groups in total. The van der Waals surface area contributed by atoms with Crippen molar-refractivity contribution < 1.29 is 19.5 Å². The summed E-state index contributed by atoms with van der Waals surface area (Å²) in [6.45, 7) is 0. The van der Waals surface area contributed by atoms with Crippen molar-refractivity contribution in [3.8, 4) is 0 Å². The van der Waals surface area contributed by atoms with Crippen molar-refractivity contribution in [3.63, 3.8) is 0 Å². The molecule has 8 heteroatoms. The summed E-state index contributed by atoms with van der Waals surface area (Å²) in [5.41, 5.74) is 0. The number of carbonyl (C=O) groups is 3. The van der Waals surface area contributed by atoms with Crippen molar-refractivity contribution in [2.45, 2.75) is 24.5 Å². The van der Waals surface area contributed by atoms with Gasteiger partial charge in [-0.3, -0.25) is 14.4 Å². The minimum atomic E-state index is -0.984. The van der Waals surface area contributed by atoms with Crippen LogP contribution in [0.15, 0.2) is 0 Å². The topological polar surface area (TPSA) is 95.5 Å². The summed E-state index contributed by atoms with van der Waals surface area (Å²) >= 11 is 1.96. The van der Waals surface area contributed by atoms with Gasteiger partial charge in [0.15, 0.2) is 0 Å². The smallest absolute Gasteiger partial charge is 0.317 e. The molecule has 1 unspecified atom stereocenters. The van der Waals surface area contributed by atoms with Crippen LogP contribution >= 0.6 is 23.5 Å². The van der Waals surface area contributed by atoms with E-state index in [0.29, 0.717) is 18.6 Å². The molecular formula is C10H18N2O4S2. The maximum absolute atomic E-state index is 11.1. The molecule has 104 valence electrons. The van der Waals surface area contributed by atoms with Gasteiger partial charge in [-0.05, 0) is 24.6 Å². The van der Waals surface area contributed by atoms with Gasteiger partial charge in [0.25, 0.3) is 10.5 Å². The Kier molecular flexibility index (Phi) is 9.57. The number of carbonyl (C=O) groups excluding carboxylic acids is 2. The second-order valence-electron chi connectivity index (χ2n) is 3.36. The zero-order valence-electron chi connectivity index (χ0n) is 10.4. The highest BCUT2D eigenvalue weighted by molar-refractivity contribution is 8.14. The lowest BCUT2D eigenvalue weighted by Crippen LogP contribution is -2.22. The van der Waals surface area contributed by atoms with E-state index in [-0.39, 0.29) is 10.5 Å². The van der Waals surface area contributed by atoms with Gasteiger partial charge < -0.3 is 15.7 Å². The molecule has 0 saturated carbocycles. The molecule has 0 radical (unpaired) electrons. The fraction of sp³-hybridized carbons (Fsp3) is 0.700. The molecular weight excluding hydrogens is 276 g/mol. The molecule has 0 aliphatic heterocycles. The lowest BCUT2D eigenvalue weighted by Gasteiger charge is -2.10. The molecule has 0 aromatic heterocycles. The molecule has 2 amide bonds. The number of carboxylic acids is 1. The quantitative estimate of drug-likeness (QED) is 0.619. The number of aliphatic carboxylic acids is 1. The Morgan fingerprint density at radius 1 is 1.11 bits per heavy atom. The van der Waals surface area contributed by atoms with E-state index < -0.39 is 11.2 Å². The molecule has 0 saturated heterocycles. The third kappa shape index (κ3) is 8.24. The van der Waals surface area contributed by atoms with E-state index >= 15 is 0 Å². The Hall–Kier alpha value is -0.890. The molecule has 0 bridgehead atoms. The fourth-order valence-electron chi connectivity index (χ4n) is 1.09. The number of hydrogen-bond acceptors (Lipinski definition) is 5. The third-order valence-electron chi connectivity index (χ3n) is 2.03. The first-order chi connectivity index (χ1) is 8.51. The van der Waals surface area contributed by atoms with E-state index in [0.717, 1.165) is 18.2 Å². The van der Waals surface area contributed by atoms with Crippen molar-refractivity contribution in [2.75, 3.05) is 19.8 Å². The van der Waals surface area contributed by atoms with Crippen molar-refractivity contribution in [1.29, 1.82) is 0 Å². The number of carboxylic acid groups (broad SMARTS) is 1. The highest BCUT2D eigenvalue weighted by Gasteiger charge is 2.20.